The van der Waals surface area contributed by atoms with Crippen LogP contribution in [0.2, 0.25) is 0 Å². The number of anilines is 2. The van der Waals surface area contributed by atoms with E-state index in [2.05, 4.69) is 11.4 Å². The number of nitrogen functional groups attached to an aromatic ring is 1. The zero-order chi connectivity index (χ0) is 13.7. The standard InChI is InChI=1S/C14H19N3O2/c1-18-14(5-7-19-10-14)9-17-12-2-3-13(16)11(8-12)4-6-15/h2-3,8,17H,4-5,7,9-10,16H2,1H3. The van der Waals surface area contributed by atoms with E-state index < -0.39 is 0 Å². The molecule has 19 heavy (non-hydrogen) atoms. The highest BCUT2D eigenvalue weighted by molar-refractivity contribution is 5.58. The van der Waals surface area contributed by atoms with E-state index in [4.69, 9.17) is 20.5 Å². The van der Waals surface area contributed by atoms with Crippen molar-refractivity contribution < 1.29 is 9.47 Å². The van der Waals surface area contributed by atoms with Gasteiger partial charge in [-0.05, 0) is 23.8 Å². The molecule has 1 aromatic carbocycles. The second-order valence-electron chi connectivity index (χ2n) is 4.79. The maximum absolute atomic E-state index is 8.75. The van der Waals surface area contributed by atoms with Gasteiger partial charge < -0.3 is 20.5 Å². The van der Waals surface area contributed by atoms with Crippen molar-refractivity contribution in [3.8, 4) is 6.07 Å². The molecule has 5 nitrogen and oxygen atoms in total. The van der Waals surface area contributed by atoms with Gasteiger partial charge in [0.1, 0.15) is 5.60 Å². The summed E-state index contributed by atoms with van der Waals surface area (Å²) in [5, 5.41) is 12.1. The summed E-state index contributed by atoms with van der Waals surface area (Å²) in [6.07, 6.45) is 1.20. The topological polar surface area (TPSA) is 80.3 Å². The zero-order valence-corrected chi connectivity index (χ0v) is 11.1. The van der Waals surface area contributed by atoms with Crippen LogP contribution < -0.4 is 11.1 Å². The highest BCUT2D eigenvalue weighted by atomic mass is 16.5. The molecule has 0 radical (unpaired) electrons. The molecule has 5 heteroatoms. The molecule has 1 unspecified atom stereocenters. The van der Waals surface area contributed by atoms with Gasteiger partial charge in [-0.2, -0.15) is 5.26 Å². The van der Waals surface area contributed by atoms with Crippen LogP contribution in [0.15, 0.2) is 18.2 Å². The summed E-state index contributed by atoms with van der Waals surface area (Å²) in [4.78, 5) is 0. The summed E-state index contributed by atoms with van der Waals surface area (Å²) >= 11 is 0. The molecular weight excluding hydrogens is 242 g/mol. The number of rotatable bonds is 5. The summed E-state index contributed by atoms with van der Waals surface area (Å²) < 4.78 is 11.0. The number of hydrogen-bond acceptors (Lipinski definition) is 5. The first kappa shape index (κ1) is 13.7. The molecule has 3 N–H and O–H groups in total. The van der Waals surface area contributed by atoms with Gasteiger partial charge in [-0.3, -0.25) is 0 Å². The summed E-state index contributed by atoms with van der Waals surface area (Å²) in [5.74, 6) is 0. The Morgan fingerprint density at radius 1 is 1.58 bits per heavy atom. The second kappa shape index (κ2) is 5.91. The molecular formula is C14H19N3O2. The molecule has 102 valence electrons. The van der Waals surface area contributed by atoms with E-state index in [1.54, 1.807) is 7.11 Å². The van der Waals surface area contributed by atoms with Crippen molar-refractivity contribution in [2.24, 2.45) is 0 Å². The quantitative estimate of drug-likeness (QED) is 0.786. The molecule has 0 spiro atoms. The number of methoxy groups -OCH3 is 1. The van der Waals surface area contributed by atoms with Gasteiger partial charge in [-0.25, -0.2) is 0 Å². The summed E-state index contributed by atoms with van der Waals surface area (Å²) in [6, 6.07) is 7.76. The Hall–Kier alpha value is -1.77. The molecule has 1 saturated heterocycles. The molecule has 0 amide bonds. The lowest BCUT2D eigenvalue weighted by Gasteiger charge is -2.26. The maximum atomic E-state index is 8.75. The van der Waals surface area contributed by atoms with Crippen LogP contribution in [0.4, 0.5) is 11.4 Å². The SMILES string of the molecule is COC1(CNc2ccc(N)c(CC#N)c2)CCOC1. The molecule has 2 rings (SSSR count). The molecule has 1 heterocycles. The third-order valence-corrected chi connectivity index (χ3v) is 3.53. The van der Waals surface area contributed by atoms with Crippen molar-refractivity contribution in [2.75, 3.05) is 37.9 Å². The maximum Gasteiger partial charge on any atom is 0.110 e. The van der Waals surface area contributed by atoms with E-state index >= 15 is 0 Å². The summed E-state index contributed by atoms with van der Waals surface area (Å²) in [7, 11) is 1.71. The first-order valence-corrected chi connectivity index (χ1v) is 6.31. The number of ether oxygens (including phenoxy) is 2. The van der Waals surface area contributed by atoms with Gasteiger partial charge >= 0.3 is 0 Å². The van der Waals surface area contributed by atoms with Gasteiger partial charge in [0.25, 0.3) is 0 Å². The molecule has 0 aliphatic carbocycles. The van der Waals surface area contributed by atoms with Gasteiger partial charge in [0.2, 0.25) is 0 Å². The van der Waals surface area contributed by atoms with E-state index in [-0.39, 0.29) is 5.60 Å². The third-order valence-electron chi connectivity index (χ3n) is 3.53. The largest absolute Gasteiger partial charge is 0.398 e. The van der Waals surface area contributed by atoms with Gasteiger partial charge in [0, 0.05) is 38.1 Å². The Labute approximate surface area is 113 Å². The Balaban J connectivity index is 2.03. The van der Waals surface area contributed by atoms with Gasteiger partial charge in [0.05, 0.1) is 19.1 Å². The molecule has 1 aliphatic rings. The van der Waals surface area contributed by atoms with Crippen LogP contribution in [0.1, 0.15) is 12.0 Å². The first-order valence-electron chi connectivity index (χ1n) is 6.31. The first-order chi connectivity index (χ1) is 9.19. The van der Waals surface area contributed by atoms with Gasteiger partial charge in [-0.15, -0.1) is 0 Å². The van der Waals surface area contributed by atoms with E-state index in [0.29, 0.717) is 25.3 Å². The number of hydrogen-bond donors (Lipinski definition) is 2. The van der Waals surface area contributed by atoms with Crippen LogP contribution in [0.25, 0.3) is 0 Å². The fourth-order valence-corrected chi connectivity index (χ4v) is 2.18. The number of nitrogens with one attached hydrogen (secondary N) is 1. The molecule has 0 aromatic heterocycles. The van der Waals surface area contributed by atoms with E-state index in [9.17, 15) is 0 Å². The van der Waals surface area contributed by atoms with Crippen LogP contribution in [0.3, 0.4) is 0 Å². The zero-order valence-electron chi connectivity index (χ0n) is 11.1. The molecule has 1 atom stereocenters. The van der Waals surface area contributed by atoms with Crippen LogP contribution in [-0.2, 0) is 15.9 Å². The minimum atomic E-state index is -0.253. The Bertz CT molecular complexity index is 476. The summed E-state index contributed by atoms with van der Waals surface area (Å²) in [5.41, 5.74) is 8.02. The van der Waals surface area contributed by atoms with Crippen LogP contribution in [0, 0.1) is 11.3 Å². The van der Waals surface area contributed by atoms with Crippen molar-refractivity contribution in [3.05, 3.63) is 23.8 Å². The lowest BCUT2D eigenvalue weighted by Crippen LogP contribution is -2.39. The lowest BCUT2D eigenvalue weighted by molar-refractivity contribution is -0.00619. The van der Waals surface area contributed by atoms with Crippen molar-refractivity contribution >= 4 is 11.4 Å². The number of nitrogens with two attached hydrogens (primary N) is 1. The van der Waals surface area contributed by atoms with Crippen LogP contribution in [0.5, 0.6) is 0 Å². The summed E-state index contributed by atoms with van der Waals surface area (Å²) in [6.45, 7) is 2.02. The Morgan fingerprint density at radius 3 is 3.05 bits per heavy atom. The van der Waals surface area contributed by atoms with Gasteiger partial charge in [-0.1, -0.05) is 0 Å². The fraction of sp³-hybridized carbons (Fsp3) is 0.500. The number of nitriles is 1. The van der Waals surface area contributed by atoms with E-state index in [1.165, 1.54) is 0 Å². The predicted molar refractivity (Wildman–Crippen MR) is 73.8 cm³/mol. The highest BCUT2D eigenvalue weighted by Gasteiger charge is 2.34. The van der Waals surface area contributed by atoms with Crippen molar-refractivity contribution in [1.29, 1.82) is 5.26 Å². The molecule has 1 aliphatic heterocycles. The number of benzene rings is 1. The molecule has 0 bridgehead atoms. The van der Waals surface area contributed by atoms with Crippen LogP contribution >= 0.6 is 0 Å². The van der Waals surface area contributed by atoms with E-state index in [0.717, 1.165) is 24.3 Å². The normalized spacial score (nSPS) is 22.1. The van der Waals surface area contributed by atoms with Gasteiger partial charge in [0.15, 0.2) is 0 Å². The molecule has 1 fully saturated rings. The van der Waals surface area contributed by atoms with Crippen LogP contribution in [-0.4, -0.2) is 32.5 Å². The van der Waals surface area contributed by atoms with Crippen molar-refractivity contribution in [1.82, 2.24) is 0 Å². The third kappa shape index (κ3) is 3.16. The molecule has 0 saturated carbocycles. The molecule has 1 aromatic rings. The second-order valence-corrected chi connectivity index (χ2v) is 4.79. The van der Waals surface area contributed by atoms with Crippen molar-refractivity contribution in [3.63, 3.8) is 0 Å². The number of nitrogens with zero attached hydrogens (tertiary/aromatic N) is 1. The Morgan fingerprint density at radius 2 is 2.42 bits per heavy atom. The van der Waals surface area contributed by atoms with Crippen molar-refractivity contribution in [2.45, 2.75) is 18.4 Å². The minimum Gasteiger partial charge on any atom is -0.398 e. The average Bonchev–Trinajstić information content (AvgIpc) is 2.89. The smallest absolute Gasteiger partial charge is 0.110 e. The van der Waals surface area contributed by atoms with E-state index in [1.807, 2.05) is 18.2 Å². The lowest BCUT2D eigenvalue weighted by atomic mass is 10.0. The predicted octanol–water partition coefficient (Wildman–Crippen LogP) is 1.55. The fourth-order valence-electron chi connectivity index (χ4n) is 2.18. The average molecular weight is 261 g/mol. The highest BCUT2D eigenvalue weighted by Crippen LogP contribution is 2.24. The minimum absolute atomic E-state index is 0.253. The Kier molecular flexibility index (Phi) is 4.25. The monoisotopic (exact) mass is 261 g/mol.